The lowest BCUT2D eigenvalue weighted by Gasteiger charge is -2.29. The van der Waals surface area contributed by atoms with Gasteiger partial charge in [0.05, 0.1) is 11.6 Å². The van der Waals surface area contributed by atoms with Gasteiger partial charge in [-0.2, -0.15) is 11.8 Å². The highest BCUT2D eigenvalue weighted by atomic mass is 32.2. The number of pyridine rings is 1. The maximum atomic E-state index is 10.6. The fourth-order valence-corrected chi connectivity index (χ4v) is 3.94. The first kappa shape index (κ1) is 12.0. The minimum atomic E-state index is -0.429. The lowest BCUT2D eigenvalue weighted by molar-refractivity contribution is 0.135. The molecule has 2 aromatic rings. The Hall–Kier alpha value is -1.06. The average molecular weight is 259 g/mol. The van der Waals surface area contributed by atoms with Gasteiger partial charge in [0, 0.05) is 21.9 Å². The van der Waals surface area contributed by atoms with Gasteiger partial charge in [0.1, 0.15) is 0 Å². The highest BCUT2D eigenvalue weighted by molar-refractivity contribution is 8.00. The third-order valence-corrected chi connectivity index (χ3v) is 5.33. The van der Waals surface area contributed by atoms with Crippen LogP contribution in [0.15, 0.2) is 36.5 Å². The van der Waals surface area contributed by atoms with Crippen molar-refractivity contribution in [2.45, 2.75) is 30.6 Å². The highest BCUT2D eigenvalue weighted by Gasteiger charge is 2.37. The zero-order valence-corrected chi connectivity index (χ0v) is 11.3. The highest BCUT2D eigenvalue weighted by Crippen LogP contribution is 2.46. The second-order valence-electron chi connectivity index (χ2n) is 5.13. The van der Waals surface area contributed by atoms with Crippen molar-refractivity contribution in [1.82, 2.24) is 4.98 Å². The molecule has 3 rings (SSSR count). The topological polar surface area (TPSA) is 33.1 Å². The van der Waals surface area contributed by atoms with E-state index in [0.29, 0.717) is 0 Å². The van der Waals surface area contributed by atoms with Gasteiger partial charge in [-0.1, -0.05) is 18.2 Å². The molecule has 1 aliphatic rings. The molecule has 0 bridgehead atoms. The van der Waals surface area contributed by atoms with Crippen molar-refractivity contribution < 1.29 is 5.11 Å². The van der Waals surface area contributed by atoms with Crippen LogP contribution in [0, 0.1) is 0 Å². The maximum absolute atomic E-state index is 10.6. The summed E-state index contributed by atoms with van der Waals surface area (Å²) in [5.41, 5.74) is 1.92. The number of aromatic nitrogens is 1. The molecule has 1 fully saturated rings. The van der Waals surface area contributed by atoms with Crippen LogP contribution in [-0.4, -0.2) is 20.6 Å². The molecule has 0 aliphatic carbocycles. The Morgan fingerprint density at radius 3 is 3.00 bits per heavy atom. The second kappa shape index (κ2) is 4.56. The number of fused-ring (bicyclic) bond motifs is 1. The van der Waals surface area contributed by atoms with Gasteiger partial charge in [0.15, 0.2) is 0 Å². The smallest absolute Gasteiger partial charge is 0.0948 e. The van der Waals surface area contributed by atoms with E-state index >= 15 is 0 Å². The van der Waals surface area contributed by atoms with E-state index in [2.05, 4.69) is 18.0 Å². The zero-order valence-electron chi connectivity index (χ0n) is 10.5. The molecule has 0 saturated carbocycles. The summed E-state index contributed by atoms with van der Waals surface area (Å²) in [6, 6.07) is 10.1. The molecule has 2 unspecified atom stereocenters. The van der Waals surface area contributed by atoms with Gasteiger partial charge < -0.3 is 5.11 Å². The molecule has 0 spiro atoms. The first-order valence-electron chi connectivity index (χ1n) is 6.36. The maximum Gasteiger partial charge on any atom is 0.0948 e. The average Bonchev–Trinajstić information content (AvgIpc) is 2.85. The molecule has 2 atom stereocenters. The van der Waals surface area contributed by atoms with Crippen LogP contribution >= 0.6 is 11.8 Å². The predicted octanol–water partition coefficient (Wildman–Crippen LogP) is 3.55. The summed E-state index contributed by atoms with van der Waals surface area (Å²) in [5.74, 6) is 1.15. The second-order valence-corrected chi connectivity index (χ2v) is 6.76. The summed E-state index contributed by atoms with van der Waals surface area (Å²) >= 11 is 1.88. The molecule has 0 amide bonds. The molecule has 1 aromatic carbocycles. The summed E-state index contributed by atoms with van der Waals surface area (Å²) in [6.45, 7) is 2.16. The first-order valence-corrected chi connectivity index (χ1v) is 7.34. The lowest BCUT2D eigenvalue weighted by Crippen LogP contribution is -2.26. The molecule has 94 valence electrons. The van der Waals surface area contributed by atoms with Crippen molar-refractivity contribution in [3.05, 3.63) is 42.1 Å². The van der Waals surface area contributed by atoms with Crippen LogP contribution in [0.3, 0.4) is 0 Å². The molecular weight excluding hydrogens is 242 g/mol. The van der Waals surface area contributed by atoms with E-state index in [1.807, 2.05) is 42.2 Å². The van der Waals surface area contributed by atoms with Crippen LogP contribution in [0.1, 0.15) is 31.4 Å². The molecule has 1 saturated heterocycles. The van der Waals surface area contributed by atoms with Crippen LogP contribution in [0.2, 0.25) is 0 Å². The Kier molecular flexibility index (Phi) is 3.04. The third kappa shape index (κ3) is 2.02. The molecule has 1 aliphatic heterocycles. The van der Waals surface area contributed by atoms with Crippen LogP contribution < -0.4 is 0 Å². The van der Waals surface area contributed by atoms with E-state index in [1.165, 1.54) is 6.42 Å². The largest absolute Gasteiger partial charge is 0.387 e. The van der Waals surface area contributed by atoms with Gasteiger partial charge in [-0.25, -0.2) is 0 Å². The van der Waals surface area contributed by atoms with E-state index < -0.39 is 6.10 Å². The van der Waals surface area contributed by atoms with E-state index in [9.17, 15) is 5.11 Å². The molecule has 18 heavy (non-hydrogen) atoms. The van der Waals surface area contributed by atoms with E-state index in [0.717, 1.165) is 28.6 Å². The molecule has 2 nitrogen and oxygen atoms in total. The summed E-state index contributed by atoms with van der Waals surface area (Å²) in [7, 11) is 0. The minimum absolute atomic E-state index is 0.0515. The number of aliphatic hydroxyl groups is 1. The fourth-order valence-electron chi connectivity index (χ4n) is 2.61. The summed E-state index contributed by atoms with van der Waals surface area (Å²) in [6.07, 6.45) is 3.66. The molecule has 1 aromatic heterocycles. The molecule has 0 radical (unpaired) electrons. The lowest BCUT2D eigenvalue weighted by atomic mass is 9.93. The van der Waals surface area contributed by atoms with Gasteiger partial charge in [0.2, 0.25) is 0 Å². The van der Waals surface area contributed by atoms with Crippen LogP contribution in [0.5, 0.6) is 0 Å². The molecule has 1 N–H and O–H groups in total. The van der Waals surface area contributed by atoms with Crippen molar-refractivity contribution in [2.24, 2.45) is 0 Å². The normalized spacial score (nSPS) is 25.4. The monoisotopic (exact) mass is 259 g/mol. The van der Waals surface area contributed by atoms with E-state index in [-0.39, 0.29) is 4.75 Å². The third-order valence-electron chi connectivity index (χ3n) is 3.76. The molecular formula is C15H17NOS. The summed E-state index contributed by atoms with van der Waals surface area (Å²) in [5, 5.41) is 11.7. The van der Waals surface area contributed by atoms with Crippen molar-refractivity contribution in [1.29, 1.82) is 0 Å². The number of nitrogens with zero attached hydrogens (tertiary/aromatic N) is 1. The van der Waals surface area contributed by atoms with Gasteiger partial charge in [-0.05, 0) is 37.7 Å². The van der Waals surface area contributed by atoms with E-state index in [4.69, 9.17) is 0 Å². The molecule has 3 heteroatoms. The van der Waals surface area contributed by atoms with Crippen molar-refractivity contribution in [3.8, 4) is 0 Å². The number of hydrogen-bond acceptors (Lipinski definition) is 3. The van der Waals surface area contributed by atoms with Gasteiger partial charge in [-0.3, -0.25) is 4.98 Å². The first-order chi connectivity index (χ1) is 8.69. The Balaban J connectivity index is 1.98. The van der Waals surface area contributed by atoms with Crippen molar-refractivity contribution in [2.75, 3.05) is 5.75 Å². The number of thioether (sulfide) groups is 1. The predicted molar refractivity (Wildman–Crippen MR) is 76.8 cm³/mol. The number of benzene rings is 1. The fraction of sp³-hybridized carbons (Fsp3) is 0.400. The van der Waals surface area contributed by atoms with Gasteiger partial charge in [-0.15, -0.1) is 0 Å². The quantitative estimate of drug-likeness (QED) is 0.895. The van der Waals surface area contributed by atoms with E-state index in [1.54, 1.807) is 0 Å². The zero-order chi connectivity index (χ0) is 12.6. The van der Waals surface area contributed by atoms with Crippen LogP contribution in [-0.2, 0) is 0 Å². The Morgan fingerprint density at radius 1 is 1.39 bits per heavy atom. The van der Waals surface area contributed by atoms with Gasteiger partial charge >= 0.3 is 0 Å². The van der Waals surface area contributed by atoms with Crippen molar-refractivity contribution >= 4 is 22.7 Å². The Bertz CT molecular complexity index is 563. The number of aliphatic hydroxyl groups excluding tert-OH is 1. The van der Waals surface area contributed by atoms with Gasteiger partial charge in [0.25, 0.3) is 0 Å². The Labute approximate surface area is 111 Å². The van der Waals surface area contributed by atoms with Crippen LogP contribution in [0.4, 0.5) is 0 Å². The number of hydrogen-bond donors (Lipinski definition) is 1. The summed E-state index contributed by atoms with van der Waals surface area (Å²) < 4.78 is -0.0515. The number of rotatable bonds is 2. The molecule has 2 heterocycles. The summed E-state index contributed by atoms with van der Waals surface area (Å²) in [4.78, 5) is 4.44. The number of para-hydroxylation sites is 1. The SMILES string of the molecule is CC1(C(O)c2cnc3ccccc3c2)CCCS1. The standard InChI is InChI=1S/C15H17NOS/c1-15(7-4-8-18-15)14(17)12-9-11-5-2-3-6-13(11)16-10-12/h2-3,5-6,9-10,14,17H,4,7-8H2,1H3. The Morgan fingerprint density at radius 2 is 2.22 bits per heavy atom. The van der Waals surface area contributed by atoms with Crippen molar-refractivity contribution in [3.63, 3.8) is 0 Å². The minimum Gasteiger partial charge on any atom is -0.387 e. The van der Waals surface area contributed by atoms with Crippen LogP contribution in [0.25, 0.3) is 10.9 Å².